The maximum absolute atomic E-state index is 10.4. The molecule has 0 spiro atoms. The first-order valence-electron chi connectivity index (χ1n) is 2.95. The van der Waals surface area contributed by atoms with Crippen LogP contribution in [0, 0.1) is 0 Å². The third kappa shape index (κ3) is 3.17. The van der Waals surface area contributed by atoms with Gasteiger partial charge in [0.05, 0.1) is 4.90 Å². The summed E-state index contributed by atoms with van der Waals surface area (Å²) in [4.78, 5) is -0.692. The van der Waals surface area contributed by atoms with E-state index in [4.69, 9.17) is 10.8 Å². The van der Waals surface area contributed by atoms with Crippen molar-refractivity contribution in [2.75, 3.05) is 5.73 Å². The van der Waals surface area contributed by atoms with Gasteiger partial charge in [0.2, 0.25) is 0 Å². The second-order valence-electron chi connectivity index (χ2n) is 2.18. The number of anilines is 1. The number of hydrogen-bond acceptors (Lipinski definition) is 5. The van der Waals surface area contributed by atoms with Crippen LogP contribution < -0.4 is 35.3 Å². The fourth-order valence-electron chi connectivity index (χ4n) is 0.731. The normalized spacial score (nSPS) is 10.5. The van der Waals surface area contributed by atoms with Crippen LogP contribution in [0.4, 0.5) is 5.69 Å². The standard InChI is InChI=1S/C6H7NO4S.Na/c7-4-1-2-5(8)6(3-4)12(9,10)11;/h1-3,8H,7H2,(H,9,10,11);/q;+1/p-1. The summed E-state index contributed by atoms with van der Waals surface area (Å²) in [6.45, 7) is 0. The molecule has 0 fully saturated rings. The summed E-state index contributed by atoms with van der Waals surface area (Å²) in [7, 11) is -4.64. The maximum atomic E-state index is 10.4. The molecule has 0 atom stereocenters. The molecule has 1 rings (SSSR count). The van der Waals surface area contributed by atoms with Gasteiger partial charge >= 0.3 is 29.6 Å². The number of rotatable bonds is 1. The van der Waals surface area contributed by atoms with Crippen molar-refractivity contribution in [2.24, 2.45) is 0 Å². The number of phenolic OH excluding ortho intramolecular Hbond substituents is 1. The van der Waals surface area contributed by atoms with Gasteiger partial charge in [0, 0.05) is 5.69 Å². The fraction of sp³-hybridized carbons (Fsp3) is 0. The van der Waals surface area contributed by atoms with Crippen molar-refractivity contribution >= 4 is 15.8 Å². The van der Waals surface area contributed by atoms with E-state index < -0.39 is 20.8 Å². The Morgan fingerprint density at radius 3 is 2.31 bits per heavy atom. The molecule has 5 nitrogen and oxygen atoms in total. The Morgan fingerprint density at radius 1 is 1.38 bits per heavy atom. The van der Waals surface area contributed by atoms with Gasteiger partial charge in [-0.2, -0.15) is 0 Å². The minimum absolute atomic E-state index is 0. The molecule has 0 aromatic heterocycles. The predicted molar refractivity (Wildman–Crippen MR) is 40.5 cm³/mol. The molecule has 7 heteroatoms. The molecule has 0 saturated carbocycles. The Hall–Kier alpha value is -0.270. The first kappa shape index (κ1) is 12.7. The van der Waals surface area contributed by atoms with E-state index in [1.807, 2.05) is 0 Å². The van der Waals surface area contributed by atoms with Crippen LogP contribution in [-0.4, -0.2) is 18.1 Å². The minimum atomic E-state index is -4.64. The van der Waals surface area contributed by atoms with Crippen molar-refractivity contribution in [3.8, 4) is 5.75 Å². The molecule has 0 heterocycles. The van der Waals surface area contributed by atoms with E-state index >= 15 is 0 Å². The zero-order valence-corrected chi connectivity index (χ0v) is 9.71. The Bertz CT molecular complexity index is 403. The van der Waals surface area contributed by atoms with Crippen LogP contribution in [-0.2, 0) is 10.1 Å². The Morgan fingerprint density at radius 2 is 1.92 bits per heavy atom. The summed E-state index contributed by atoms with van der Waals surface area (Å²) in [5.41, 5.74) is 5.32. The summed E-state index contributed by atoms with van der Waals surface area (Å²) >= 11 is 0. The van der Waals surface area contributed by atoms with Gasteiger partial charge in [0.1, 0.15) is 15.9 Å². The Labute approximate surface area is 97.6 Å². The van der Waals surface area contributed by atoms with Gasteiger partial charge in [0.25, 0.3) is 0 Å². The second kappa shape index (κ2) is 4.30. The molecular weight excluding hydrogens is 205 g/mol. The maximum Gasteiger partial charge on any atom is 1.00 e. The molecule has 0 saturated heterocycles. The van der Waals surface area contributed by atoms with E-state index in [9.17, 15) is 13.0 Å². The first-order valence-corrected chi connectivity index (χ1v) is 4.36. The fourth-order valence-corrected chi connectivity index (χ4v) is 1.34. The first-order chi connectivity index (χ1) is 5.41. The summed E-state index contributed by atoms with van der Waals surface area (Å²) in [5.74, 6) is -0.584. The molecule has 0 unspecified atom stereocenters. The minimum Gasteiger partial charge on any atom is -0.744 e. The average molecular weight is 211 g/mol. The van der Waals surface area contributed by atoms with Crippen LogP contribution in [0.5, 0.6) is 5.75 Å². The Balaban J connectivity index is 0.00000144. The van der Waals surface area contributed by atoms with E-state index in [1.54, 1.807) is 0 Å². The topological polar surface area (TPSA) is 103 Å². The average Bonchev–Trinajstić information content (AvgIpc) is 1.92. The third-order valence-corrected chi connectivity index (χ3v) is 2.12. The van der Waals surface area contributed by atoms with Gasteiger partial charge in [0.15, 0.2) is 0 Å². The van der Waals surface area contributed by atoms with Crippen LogP contribution >= 0.6 is 0 Å². The van der Waals surface area contributed by atoms with Crippen LogP contribution in [0.25, 0.3) is 0 Å². The van der Waals surface area contributed by atoms with Crippen molar-refractivity contribution in [1.82, 2.24) is 0 Å². The zero-order chi connectivity index (χ0) is 9.35. The third-order valence-electron chi connectivity index (χ3n) is 1.25. The van der Waals surface area contributed by atoms with E-state index in [2.05, 4.69) is 0 Å². The van der Waals surface area contributed by atoms with Gasteiger partial charge in [-0.3, -0.25) is 0 Å². The SMILES string of the molecule is Nc1ccc(O)c(S(=O)(=O)[O-])c1.[Na+]. The molecule has 0 radical (unpaired) electrons. The summed E-state index contributed by atoms with van der Waals surface area (Å²) in [5, 5.41) is 8.94. The van der Waals surface area contributed by atoms with Gasteiger partial charge in [-0.15, -0.1) is 0 Å². The van der Waals surface area contributed by atoms with Gasteiger partial charge in [-0.25, -0.2) is 8.42 Å². The number of hydrogen-bond donors (Lipinski definition) is 2. The number of aromatic hydroxyl groups is 1. The molecular formula is C6H6NNaO4S. The van der Waals surface area contributed by atoms with Gasteiger partial charge in [-0.1, -0.05) is 0 Å². The smallest absolute Gasteiger partial charge is 0.744 e. The van der Waals surface area contributed by atoms with Crippen LogP contribution in [0.2, 0.25) is 0 Å². The van der Waals surface area contributed by atoms with Crippen molar-refractivity contribution in [3.63, 3.8) is 0 Å². The van der Waals surface area contributed by atoms with E-state index in [0.717, 1.165) is 12.1 Å². The molecule has 1 aromatic carbocycles. The van der Waals surface area contributed by atoms with Crippen molar-refractivity contribution in [1.29, 1.82) is 0 Å². The van der Waals surface area contributed by atoms with E-state index in [1.165, 1.54) is 6.07 Å². The number of nitrogens with two attached hydrogens (primary N) is 1. The largest absolute Gasteiger partial charge is 1.00 e. The molecule has 0 amide bonds. The van der Waals surface area contributed by atoms with Crippen molar-refractivity contribution in [3.05, 3.63) is 18.2 Å². The van der Waals surface area contributed by atoms with Gasteiger partial charge < -0.3 is 15.4 Å². The van der Waals surface area contributed by atoms with E-state index in [0.29, 0.717) is 0 Å². The molecule has 0 bridgehead atoms. The monoisotopic (exact) mass is 211 g/mol. The number of phenols is 1. The summed E-state index contributed by atoms with van der Waals surface area (Å²) in [6.07, 6.45) is 0. The summed E-state index contributed by atoms with van der Waals surface area (Å²) in [6, 6.07) is 3.27. The number of benzene rings is 1. The van der Waals surface area contributed by atoms with Crippen molar-refractivity contribution < 1.29 is 47.6 Å². The van der Waals surface area contributed by atoms with Gasteiger partial charge in [-0.05, 0) is 18.2 Å². The van der Waals surface area contributed by atoms with Crippen LogP contribution in [0.1, 0.15) is 0 Å². The molecule has 13 heavy (non-hydrogen) atoms. The zero-order valence-electron chi connectivity index (χ0n) is 6.89. The number of nitrogen functional groups attached to an aromatic ring is 1. The Kier molecular flexibility index (Phi) is 4.21. The quantitative estimate of drug-likeness (QED) is 0.221. The molecule has 66 valence electrons. The van der Waals surface area contributed by atoms with Crippen LogP contribution in [0.15, 0.2) is 23.1 Å². The predicted octanol–water partition coefficient (Wildman–Crippen LogP) is -3.12. The molecule has 0 aliphatic carbocycles. The molecule has 1 aromatic rings. The van der Waals surface area contributed by atoms with Crippen LogP contribution in [0.3, 0.4) is 0 Å². The summed E-state index contributed by atoms with van der Waals surface area (Å²) < 4.78 is 31.3. The van der Waals surface area contributed by atoms with E-state index in [-0.39, 0.29) is 35.2 Å². The molecule has 3 N–H and O–H groups in total. The second-order valence-corrected chi connectivity index (χ2v) is 3.53. The van der Waals surface area contributed by atoms with Crippen molar-refractivity contribution in [2.45, 2.75) is 4.90 Å². The molecule has 0 aliphatic heterocycles. The molecule has 0 aliphatic rings.